The topological polar surface area (TPSA) is 93.2 Å². The fourth-order valence-corrected chi connectivity index (χ4v) is 3.73. The maximum Gasteiger partial charge on any atom is 0.286 e. The molecule has 1 saturated carbocycles. The van der Waals surface area contributed by atoms with Crippen LogP contribution in [0.25, 0.3) is 0 Å². The van der Waals surface area contributed by atoms with Crippen molar-refractivity contribution in [3.05, 3.63) is 39.8 Å². The van der Waals surface area contributed by atoms with E-state index in [1.807, 2.05) is 0 Å². The zero-order valence-electron chi connectivity index (χ0n) is 14.2. The van der Waals surface area contributed by atoms with Crippen LogP contribution in [0, 0.1) is 0 Å². The summed E-state index contributed by atoms with van der Waals surface area (Å²) in [6, 6.07) is 7.02. The summed E-state index contributed by atoms with van der Waals surface area (Å²) in [5, 5.41) is 15.2. The van der Waals surface area contributed by atoms with Crippen LogP contribution in [0.5, 0.6) is 0 Å². The second-order valence-electron chi connectivity index (χ2n) is 6.61. The first-order valence-corrected chi connectivity index (χ1v) is 9.64. The molecule has 2 aromatic rings. The molecule has 1 aliphatic heterocycles. The lowest BCUT2D eigenvalue weighted by Gasteiger charge is -2.23. The highest BCUT2D eigenvalue weighted by atomic mass is 32.1. The van der Waals surface area contributed by atoms with Crippen molar-refractivity contribution in [2.75, 3.05) is 18.5 Å². The predicted octanol–water partition coefficient (Wildman–Crippen LogP) is 2.58. The van der Waals surface area contributed by atoms with Crippen LogP contribution >= 0.6 is 11.3 Å². The monoisotopic (exact) mass is 372 g/mol. The lowest BCUT2D eigenvalue weighted by molar-refractivity contribution is 0.0696. The van der Waals surface area contributed by atoms with E-state index in [0.29, 0.717) is 35.4 Å². The van der Waals surface area contributed by atoms with E-state index in [9.17, 15) is 9.59 Å². The second-order valence-corrected chi connectivity index (χ2v) is 7.62. The average molecular weight is 372 g/mol. The highest BCUT2D eigenvalue weighted by Gasteiger charge is 2.28. The van der Waals surface area contributed by atoms with Crippen molar-refractivity contribution in [1.82, 2.24) is 15.5 Å². The van der Waals surface area contributed by atoms with E-state index in [4.69, 9.17) is 4.74 Å². The number of benzene rings is 1. The lowest BCUT2D eigenvalue weighted by atomic mass is 10.1. The molecule has 1 aromatic heterocycles. The van der Waals surface area contributed by atoms with Gasteiger partial charge in [0.25, 0.3) is 11.8 Å². The van der Waals surface area contributed by atoms with Crippen LogP contribution in [0.3, 0.4) is 0 Å². The van der Waals surface area contributed by atoms with Crippen molar-refractivity contribution in [1.29, 1.82) is 0 Å². The summed E-state index contributed by atoms with van der Waals surface area (Å²) in [7, 11) is 0. The first-order chi connectivity index (χ1) is 12.7. The first kappa shape index (κ1) is 17.1. The van der Waals surface area contributed by atoms with Gasteiger partial charge in [0, 0.05) is 36.4 Å². The van der Waals surface area contributed by atoms with E-state index < -0.39 is 0 Å². The molecule has 2 amide bonds. The van der Waals surface area contributed by atoms with Crippen LogP contribution in [0.15, 0.2) is 24.3 Å². The van der Waals surface area contributed by atoms with Crippen molar-refractivity contribution in [2.45, 2.75) is 37.6 Å². The molecule has 1 saturated heterocycles. The van der Waals surface area contributed by atoms with Crippen molar-refractivity contribution < 1.29 is 14.3 Å². The molecule has 0 radical (unpaired) electrons. The molecule has 0 spiro atoms. The largest absolute Gasteiger partial charge is 0.381 e. The van der Waals surface area contributed by atoms with Crippen molar-refractivity contribution >= 4 is 28.8 Å². The molecule has 1 aromatic carbocycles. The van der Waals surface area contributed by atoms with Crippen molar-refractivity contribution in [3.63, 3.8) is 0 Å². The molecular formula is C18H20N4O3S. The van der Waals surface area contributed by atoms with Gasteiger partial charge in [-0.1, -0.05) is 11.3 Å². The number of aromatic nitrogens is 2. The molecule has 8 heteroatoms. The molecule has 2 heterocycles. The van der Waals surface area contributed by atoms with E-state index in [1.165, 1.54) is 11.3 Å². The average Bonchev–Trinajstić information content (AvgIpc) is 3.39. The van der Waals surface area contributed by atoms with Gasteiger partial charge in [0.15, 0.2) is 0 Å². The van der Waals surface area contributed by atoms with E-state index in [0.717, 1.165) is 30.7 Å². The third kappa shape index (κ3) is 4.08. The molecule has 0 unspecified atom stereocenters. The molecule has 2 aliphatic rings. The Balaban J connectivity index is 1.34. The molecule has 2 N–H and O–H groups in total. The maximum absolute atomic E-state index is 12.3. The van der Waals surface area contributed by atoms with Gasteiger partial charge in [-0.15, -0.1) is 10.2 Å². The Labute approximate surface area is 155 Å². The van der Waals surface area contributed by atoms with Crippen LogP contribution in [-0.2, 0) is 4.74 Å². The first-order valence-electron chi connectivity index (χ1n) is 8.82. The van der Waals surface area contributed by atoms with Gasteiger partial charge in [-0.25, -0.2) is 0 Å². The highest BCUT2D eigenvalue weighted by Crippen LogP contribution is 2.41. The Morgan fingerprint density at radius 3 is 2.42 bits per heavy atom. The molecule has 4 rings (SSSR count). The molecule has 136 valence electrons. The van der Waals surface area contributed by atoms with Gasteiger partial charge in [0.05, 0.1) is 0 Å². The third-order valence-electron chi connectivity index (χ3n) is 4.52. The number of hydrogen-bond donors (Lipinski definition) is 2. The van der Waals surface area contributed by atoms with Gasteiger partial charge in [-0.05, 0) is 49.9 Å². The molecular weight excluding hydrogens is 352 g/mol. The fraction of sp³-hybridized carbons (Fsp3) is 0.444. The number of anilines is 1. The molecule has 0 atom stereocenters. The molecule has 26 heavy (non-hydrogen) atoms. The minimum Gasteiger partial charge on any atom is -0.381 e. The Hall–Kier alpha value is -2.32. The van der Waals surface area contributed by atoms with Gasteiger partial charge in [0.2, 0.25) is 5.01 Å². The molecule has 0 bridgehead atoms. The van der Waals surface area contributed by atoms with Crippen LogP contribution in [0.2, 0.25) is 0 Å². The second kappa shape index (κ2) is 7.51. The smallest absolute Gasteiger partial charge is 0.286 e. The van der Waals surface area contributed by atoms with Gasteiger partial charge >= 0.3 is 0 Å². The summed E-state index contributed by atoms with van der Waals surface area (Å²) in [6.07, 6.45) is 3.94. The van der Waals surface area contributed by atoms with Crippen LogP contribution < -0.4 is 10.6 Å². The van der Waals surface area contributed by atoms with Gasteiger partial charge in [-0.3, -0.25) is 9.59 Å². The summed E-state index contributed by atoms with van der Waals surface area (Å²) < 4.78 is 5.29. The number of nitrogens with one attached hydrogen (secondary N) is 2. The molecule has 1 aliphatic carbocycles. The van der Waals surface area contributed by atoms with Gasteiger partial charge in [0.1, 0.15) is 5.01 Å². The van der Waals surface area contributed by atoms with Crippen LogP contribution in [0.1, 0.15) is 56.8 Å². The van der Waals surface area contributed by atoms with E-state index in [2.05, 4.69) is 20.8 Å². The van der Waals surface area contributed by atoms with Crippen molar-refractivity contribution in [3.8, 4) is 0 Å². The van der Waals surface area contributed by atoms with E-state index in [-0.39, 0.29) is 17.9 Å². The Bertz CT molecular complexity index is 795. The van der Waals surface area contributed by atoms with Crippen LogP contribution in [-0.4, -0.2) is 41.3 Å². The van der Waals surface area contributed by atoms with Crippen molar-refractivity contribution in [2.24, 2.45) is 0 Å². The summed E-state index contributed by atoms with van der Waals surface area (Å²) in [5.74, 6) is 0.115. The van der Waals surface area contributed by atoms with E-state index in [1.54, 1.807) is 24.3 Å². The number of nitrogens with zero attached hydrogens (tertiary/aromatic N) is 2. The number of amides is 2. The quantitative estimate of drug-likeness (QED) is 0.841. The zero-order chi connectivity index (χ0) is 17.9. The number of carbonyl (C=O) groups is 2. The summed E-state index contributed by atoms with van der Waals surface area (Å²) in [4.78, 5) is 24.5. The predicted molar refractivity (Wildman–Crippen MR) is 97.6 cm³/mol. The minimum absolute atomic E-state index is 0.104. The van der Waals surface area contributed by atoms with E-state index >= 15 is 0 Å². The minimum atomic E-state index is -0.270. The molecule has 7 nitrogen and oxygen atoms in total. The number of rotatable bonds is 5. The summed E-state index contributed by atoms with van der Waals surface area (Å²) in [5.41, 5.74) is 1.20. The standard InChI is InChI=1S/C18H20N4O3S/c23-15(19-14-7-9-25-10-8-14)11-3-5-13(6-4-11)20-16(24)18-22-21-17(26-18)12-1-2-12/h3-6,12,14H,1-2,7-10H2,(H,19,23)(H,20,24). The van der Waals surface area contributed by atoms with Crippen LogP contribution in [0.4, 0.5) is 5.69 Å². The Morgan fingerprint density at radius 2 is 1.73 bits per heavy atom. The summed E-state index contributed by atoms with van der Waals surface area (Å²) in [6.45, 7) is 1.37. The number of hydrogen-bond acceptors (Lipinski definition) is 6. The van der Waals surface area contributed by atoms with Gasteiger partial charge in [-0.2, -0.15) is 0 Å². The maximum atomic E-state index is 12.3. The fourth-order valence-electron chi connectivity index (χ4n) is 2.82. The normalized spacial score (nSPS) is 17.7. The molecule has 2 fully saturated rings. The lowest BCUT2D eigenvalue weighted by Crippen LogP contribution is -2.38. The van der Waals surface area contributed by atoms with Gasteiger partial charge < -0.3 is 15.4 Å². The zero-order valence-corrected chi connectivity index (χ0v) is 15.1. The number of carbonyl (C=O) groups excluding carboxylic acids is 2. The highest BCUT2D eigenvalue weighted by molar-refractivity contribution is 7.13. The Kier molecular flexibility index (Phi) is 4.94. The summed E-state index contributed by atoms with van der Waals surface area (Å²) >= 11 is 1.35. The number of ether oxygens (including phenoxy) is 1. The Morgan fingerprint density at radius 1 is 1.00 bits per heavy atom. The third-order valence-corrected chi connectivity index (χ3v) is 5.61. The SMILES string of the molecule is O=C(NC1CCOCC1)c1ccc(NC(=O)c2nnc(C3CC3)s2)cc1.